The van der Waals surface area contributed by atoms with Gasteiger partial charge in [-0.05, 0) is 49.2 Å². The van der Waals surface area contributed by atoms with Gasteiger partial charge >= 0.3 is 0 Å². The van der Waals surface area contributed by atoms with E-state index in [1.807, 2.05) is 18.2 Å². The third kappa shape index (κ3) is 6.31. The normalized spacial score (nSPS) is 16.2. The van der Waals surface area contributed by atoms with Gasteiger partial charge in [-0.3, -0.25) is 9.69 Å². The molecular weight excluding hydrogens is 364 g/mol. The lowest BCUT2D eigenvalue weighted by atomic mass is 10.1. The maximum Gasteiger partial charge on any atom is 0.255 e. The molecule has 1 aliphatic heterocycles. The lowest BCUT2D eigenvalue weighted by Gasteiger charge is -2.18. The molecule has 1 amide bonds. The van der Waals surface area contributed by atoms with Crippen molar-refractivity contribution in [1.29, 1.82) is 0 Å². The molecule has 1 fully saturated rings. The summed E-state index contributed by atoms with van der Waals surface area (Å²) in [5, 5.41) is 3.01. The molecule has 5 heteroatoms. The smallest absolute Gasteiger partial charge is 0.255 e. The minimum absolute atomic E-state index is 0.125. The number of nitrogens with zero attached hydrogens (tertiary/aromatic N) is 1. The molecule has 2 aromatic carbocycles. The fraction of sp³-hybridized carbons (Fsp3) is 0.458. The monoisotopic (exact) mass is 396 g/mol. The number of nitrogens with one attached hydrogen (secondary N) is 1. The number of benzene rings is 2. The van der Waals surface area contributed by atoms with Crippen LogP contribution in [0.5, 0.6) is 5.75 Å². The molecule has 0 aliphatic carbocycles. The Hall–Kier alpha value is -2.37. The number of carbonyl (C=O) groups is 1. The summed E-state index contributed by atoms with van der Waals surface area (Å²) in [7, 11) is 0. The maximum atomic E-state index is 12.7. The summed E-state index contributed by atoms with van der Waals surface area (Å²) in [6, 6.07) is 15.8. The highest BCUT2D eigenvalue weighted by atomic mass is 16.5. The fourth-order valence-corrected chi connectivity index (χ4v) is 3.48. The summed E-state index contributed by atoms with van der Waals surface area (Å²) >= 11 is 0. The number of carbonyl (C=O) groups excluding carboxylic acids is 1. The summed E-state index contributed by atoms with van der Waals surface area (Å²) in [5.41, 5.74) is 2.93. The molecular formula is C24H32N2O3. The zero-order valence-corrected chi connectivity index (χ0v) is 17.5. The van der Waals surface area contributed by atoms with Crippen LogP contribution in [0.4, 0.5) is 0 Å². The van der Waals surface area contributed by atoms with Crippen molar-refractivity contribution in [2.75, 3.05) is 26.3 Å². The Labute approximate surface area is 174 Å². The quantitative estimate of drug-likeness (QED) is 0.659. The molecule has 2 aromatic rings. The third-order valence-electron chi connectivity index (χ3n) is 5.36. The Kier molecular flexibility index (Phi) is 8.08. The molecule has 0 saturated carbocycles. The van der Waals surface area contributed by atoms with Crippen molar-refractivity contribution in [1.82, 2.24) is 10.2 Å². The molecule has 0 aromatic heterocycles. The van der Waals surface area contributed by atoms with Crippen molar-refractivity contribution >= 4 is 5.91 Å². The second-order valence-corrected chi connectivity index (χ2v) is 7.40. The first-order valence-electron chi connectivity index (χ1n) is 10.6. The van der Waals surface area contributed by atoms with Crippen molar-refractivity contribution in [2.45, 2.75) is 45.9 Å². The number of para-hydroxylation sites is 1. The first-order valence-corrected chi connectivity index (χ1v) is 10.6. The highest BCUT2D eigenvalue weighted by molar-refractivity contribution is 5.96. The first kappa shape index (κ1) is 21.3. The molecule has 29 heavy (non-hydrogen) atoms. The van der Waals surface area contributed by atoms with E-state index in [0.717, 1.165) is 44.6 Å². The molecule has 1 heterocycles. The predicted octanol–water partition coefficient (Wildman–Crippen LogP) is 4.02. The average molecular weight is 397 g/mol. The molecule has 3 rings (SSSR count). The van der Waals surface area contributed by atoms with E-state index < -0.39 is 0 Å². The van der Waals surface area contributed by atoms with Gasteiger partial charge in [-0.1, -0.05) is 50.2 Å². The molecule has 1 aliphatic rings. The van der Waals surface area contributed by atoms with Crippen LogP contribution in [-0.2, 0) is 17.8 Å². The van der Waals surface area contributed by atoms with Crippen LogP contribution in [0.25, 0.3) is 0 Å². The van der Waals surface area contributed by atoms with Crippen LogP contribution < -0.4 is 10.1 Å². The Morgan fingerprint density at radius 1 is 1.10 bits per heavy atom. The Morgan fingerprint density at radius 3 is 2.52 bits per heavy atom. The van der Waals surface area contributed by atoms with E-state index in [9.17, 15) is 4.79 Å². The highest BCUT2D eigenvalue weighted by Gasteiger charge is 2.18. The van der Waals surface area contributed by atoms with Crippen LogP contribution in [0.2, 0.25) is 0 Å². The fourth-order valence-electron chi connectivity index (χ4n) is 3.48. The number of hydrogen-bond donors (Lipinski definition) is 1. The summed E-state index contributed by atoms with van der Waals surface area (Å²) in [5.74, 6) is 0.482. The summed E-state index contributed by atoms with van der Waals surface area (Å²) in [4.78, 5) is 15.1. The number of ether oxygens (including phenoxy) is 2. The van der Waals surface area contributed by atoms with Gasteiger partial charge in [-0.2, -0.15) is 0 Å². The van der Waals surface area contributed by atoms with Crippen LogP contribution in [0, 0.1) is 0 Å². The zero-order valence-electron chi connectivity index (χ0n) is 17.5. The molecule has 1 unspecified atom stereocenters. The minimum Gasteiger partial charge on any atom is -0.490 e. The van der Waals surface area contributed by atoms with Gasteiger partial charge in [0.05, 0.1) is 11.7 Å². The molecule has 0 spiro atoms. The van der Waals surface area contributed by atoms with E-state index in [1.54, 1.807) is 6.07 Å². The van der Waals surface area contributed by atoms with E-state index in [1.165, 1.54) is 5.56 Å². The highest BCUT2D eigenvalue weighted by Crippen LogP contribution is 2.20. The molecule has 1 atom stereocenters. The van der Waals surface area contributed by atoms with Gasteiger partial charge < -0.3 is 14.8 Å². The van der Waals surface area contributed by atoms with Crippen molar-refractivity contribution in [3.8, 4) is 5.75 Å². The number of hydrogen-bond acceptors (Lipinski definition) is 4. The second-order valence-electron chi connectivity index (χ2n) is 7.40. The zero-order chi connectivity index (χ0) is 20.5. The van der Waals surface area contributed by atoms with Gasteiger partial charge in [0.2, 0.25) is 0 Å². The lowest BCUT2D eigenvalue weighted by molar-refractivity contribution is 0.0670. The molecule has 1 saturated heterocycles. The van der Waals surface area contributed by atoms with Crippen LogP contribution >= 0.6 is 0 Å². The van der Waals surface area contributed by atoms with E-state index in [0.29, 0.717) is 24.5 Å². The van der Waals surface area contributed by atoms with Crippen molar-refractivity contribution in [2.24, 2.45) is 0 Å². The van der Waals surface area contributed by atoms with Crippen molar-refractivity contribution in [3.05, 3.63) is 65.2 Å². The van der Waals surface area contributed by atoms with Gasteiger partial charge in [0.1, 0.15) is 12.4 Å². The van der Waals surface area contributed by atoms with Crippen LogP contribution in [-0.4, -0.2) is 43.2 Å². The average Bonchev–Trinajstić information content (AvgIpc) is 3.29. The first-order chi connectivity index (χ1) is 14.2. The molecule has 5 nitrogen and oxygen atoms in total. The van der Waals surface area contributed by atoms with Gasteiger partial charge in [0.15, 0.2) is 0 Å². The van der Waals surface area contributed by atoms with Gasteiger partial charge in [-0.25, -0.2) is 0 Å². The Balaban J connectivity index is 1.53. The lowest BCUT2D eigenvalue weighted by Crippen LogP contribution is -2.24. The maximum absolute atomic E-state index is 12.7. The summed E-state index contributed by atoms with van der Waals surface area (Å²) in [6.07, 6.45) is 2.21. The van der Waals surface area contributed by atoms with Crippen LogP contribution in [0.15, 0.2) is 48.5 Å². The van der Waals surface area contributed by atoms with Crippen LogP contribution in [0.3, 0.4) is 0 Å². The molecule has 1 N–H and O–H groups in total. The summed E-state index contributed by atoms with van der Waals surface area (Å²) in [6.45, 7) is 9.17. The van der Waals surface area contributed by atoms with Gasteiger partial charge in [0, 0.05) is 19.7 Å². The van der Waals surface area contributed by atoms with E-state index in [4.69, 9.17) is 9.47 Å². The second kappa shape index (κ2) is 11.0. The number of rotatable bonds is 10. The van der Waals surface area contributed by atoms with Crippen molar-refractivity contribution < 1.29 is 14.3 Å². The minimum atomic E-state index is -0.125. The van der Waals surface area contributed by atoms with Crippen LogP contribution in [0.1, 0.15) is 48.2 Å². The van der Waals surface area contributed by atoms with Gasteiger partial charge in [0.25, 0.3) is 5.91 Å². The standard InChI is InChI=1S/C24H32N2O3/c1-3-26(4-2)17-20-13-11-19(12-14-20)16-25-24(27)22-9-5-6-10-23(22)29-18-21-8-7-15-28-21/h5-6,9-14,21H,3-4,7-8,15-18H2,1-2H3,(H,25,27). The largest absolute Gasteiger partial charge is 0.490 e. The van der Waals surface area contributed by atoms with Crippen molar-refractivity contribution in [3.63, 3.8) is 0 Å². The van der Waals surface area contributed by atoms with E-state index in [2.05, 4.69) is 48.3 Å². The Morgan fingerprint density at radius 2 is 1.83 bits per heavy atom. The SMILES string of the molecule is CCN(CC)Cc1ccc(CNC(=O)c2ccccc2OCC2CCCO2)cc1. The topological polar surface area (TPSA) is 50.8 Å². The molecule has 156 valence electrons. The van der Waals surface area contributed by atoms with E-state index in [-0.39, 0.29) is 12.0 Å². The predicted molar refractivity (Wildman–Crippen MR) is 115 cm³/mol. The molecule has 0 bridgehead atoms. The number of amides is 1. The third-order valence-corrected chi connectivity index (χ3v) is 5.36. The Bertz CT molecular complexity index is 766. The van der Waals surface area contributed by atoms with Gasteiger partial charge in [-0.15, -0.1) is 0 Å². The summed E-state index contributed by atoms with van der Waals surface area (Å²) < 4.78 is 11.5. The van der Waals surface area contributed by atoms with E-state index >= 15 is 0 Å². The molecule has 0 radical (unpaired) electrons.